The van der Waals surface area contributed by atoms with Crippen LogP contribution < -0.4 is 20.7 Å². The Balaban J connectivity index is 1.37. The zero-order valence-corrected chi connectivity index (χ0v) is 26.3. The Morgan fingerprint density at radius 3 is 2.23 bits per heavy atom. The number of amides is 5. The van der Waals surface area contributed by atoms with Gasteiger partial charge in [-0.05, 0) is 55.0 Å². The summed E-state index contributed by atoms with van der Waals surface area (Å²) < 4.78 is 10.1. The maximum Gasteiger partial charge on any atom is 0.514 e. The molecule has 0 saturated heterocycles. The highest BCUT2D eigenvalue weighted by atomic mass is 16.7. The first kappa shape index (κ1) is 35.9. The highest BCUT2D eigenvalue weighted by Gasteiger charge is 2.25. The van der Waals surface area contributed by atoms with Crippen molar-refractivity contribution in [3.8, 4) is 5.75 Å². The van der Waals surface area contributed by atoms with Crippen molar-refractivity contribution in [3.05, 3.63) is 75.9 Å². The van der Waals surface area contributed by atoms with Crippen molar-refractivity contribution >= 4 is 47.1 Å². The van der Waals surface area contributed by atoms with Crippen molar-refractivity contribution in [1.29, 1.82) is 0 Å². The molecular formula is C32H37N5O10. The molecule has 250 valence electrons. The first-order chi connectivity index (χ1) is 22.3. The third-order valence-corrected chi connectivity index (χ3v) is 7.05. The number of nitro benzene ring substituents is 1. The van der Waals surface area contributed by atoms with Gasteiger partial charge in [-0.1, -0.05) is 32.4 Å². The fourth-order valence-corrected chi connectivity index (χ4v) is 4.50. The lowest BCUT2D eigenvalue weighted by Gasteiger charge is -2.22. The van der Waals surface area contributed by atoms with Gasteiger partial charge in [-0.25, -0.2) is 4.79 Å². The minimum Gasteiger partial charge on any atom is -0.429 e. The number of carbonyl (C=O) groups is 6. The molecule has 47 heavy (non-hydrogen) atoms. The molecule has 15 heteroatoms. The van der Waals surface area contributed by atoms with Crippen LogP contribution in [-0.4, -0.2) is 64.6 Å². The second-order valence-corrected chi connectivity index (χ2v) is 11.1. The Bertz CT molecular complexity index is 1520. The Hall–Kier alpha value is -5.60. The monoisotopic (exact) mass is 651 g/mol. The van der Waals surface area contributed by atoms with Crippen LogP contribution in [-0.2, 0) is 35.3 Å². The van der Waals surface area contributed by atoms with E-state index in [1.54, 1.807) is 39.0 Å². The van der Waals surface area contributed by atoms with Gasteiger partial charge in [-0.15, -0.1) is 0 Å². The SMILES string of the molecule is Cc1cc(COC(=O)Oc2ccc([N+](=O)[O-])cc2)ccc1NC(=O)CNC(=O)C(NC(=O)CCCCCN1C(=O)C=CC1=O)C(C)C. The van der Waals surface area contributed by atoms with Crippen molar-refractivity contribution in [2.75, 3.05) is 18.4 Å². The molecule has 0 aliphatic carbocycles. The molecule has 0 fully saturated rings. The van der Waals surface area contributed by atoms with E-state index in [-0.39, 0.29) is 61.2 Å². The number of hydrogen-bond acceptors (Lipinski definition) is 10. The van der Waals surface area contributed by atoms with Gasteiger partial charge in [0.25, 0.3) is 17.5 Å². The third kappa shape index (κ3) is 11.4. The van der Waals surface area contributed by atoms with Gasteiger partial charge in [0.05, 0.1) is 11.5 Å². The molecule has 0 aromatic heterocycles. The fourth-order valence-electron chi connectivity index (χ4n) is 4.50. The number of imide groups is 1. The number of unbranched alkanes of at least 4 members (excludes halogenated alkanes) is 2. The zero-order valence-electron chi connectivity index (χ0n) is 26.3. The van der Waals surface area contributed by atoms with E-state index in [1.807, 2.05) is 0 Å². The Morgan fingerprint density at radius 1 is 0.936 bits per heavy atom. The number of ether oxygens (including phenoxy) is 2. The van der Waals surface area contributed by atoms with Crippen LogP contribution in [0.15, 0.2) is 54.6 Å². The van der Waals surface area contributed by atoms with Gasteiger partial charge in [0.15, 0.2) is 0 Å². The Morgan fingerprint density at radius 2 is 1.62 bits per heavy atom. The standard InChI is InChI=1S/C32H37N5O10/c1-20(2)30(35-26(38)7-5-4-6-16-36-28(40)14-15-29(36)41)31(42)33-18-27(39)34-25-13-8-22(17-21(25)3)19-46-32(43)47-24-11-9-23(10-12-24)37(44)45/h8-15,17,20,30H,4-7,16,18-19H2,1-3H3,(H,33,42)(H,34,39)(H,35,38). The van der Waals surface area contributed by atoms with Gasteiger partial charge < -0.3 is 25.4 Å². The van der Waals surface area contributed by atoms with Crippen LogP contribution in [0, 0.1) is 23.0 Å². The molecule has 1 heterocycles. The molecule has 2 aromatic rings. The molecule has 1 atom stereocenters. The van der Waals surface area contributed by atoms with Gasteiger partial charge in [-0.3, -0.25) is 39.0 Å². The topological polar surface area (TPSA) is 203 Å². The van der Waals surface area contributed by atoms with Crippen LogP contribution in [0.2, 0.25) is 0 Å². The fraction of sp³-hybridized carbons (Fsp3) is 0.375. The smallest absolute Gasteiger partial charge is 0.429 e. The maximum atomic E-state index is 12.8. The summed E-state index contributed by atoms with van der Waals surface area (Å²) in [5.41, 5.74) is 1.60. The second-order valence-electron chi connectivity index (χ2n) is 11.1. The first-order valence-electron chi connectivity index (χ1n) is 14.9. The van der Waals surface area contributed by atoms with E-state index in [1.165, 1.54) is 36.4 Å². The lowest BCUT2D eigenvalue weighted by atomic mass is 10.0. The molecule has 3 rings (SSSR count). The van der Waals surface area contributed by atoms with E-state index >= 15 is 0 Å². The van der Waals surface area contributed by atoms with Crippen LogP contribution in [0.25, 0.3) is 0 Å². The number of nitrogens with zero attached hydrogens (tertiary/aromatic N) is 2. The van der Waals surface area contributed by atoms with Crippen LogP contribution >= 0.6 is 0 Å². The number of anilines is 1. The van der Waals surface area contributed by atoms with E-state index in [4.69, 9.17) is 9.47 Å². The summed E-state index contributed by atoms with van der Waals surface area (Å²) in [6.45, 7) is 5.10. The summed E-state index contributed by atoms with van der Waals surface area (Å²) in [6, 6.07) is 9.04. The van der Waals surface area contributed by atoms with Crippen molar-refractivity contribution in [3.63, 3.8) is 0 Å². The quantitative estimate of drug-likeness (QED) is 0.0603. The van der Waals surface area contributed by atoms with Crippen LogP contribution in [0.4, 0.5) is 16.2 Å². The van der Waals surface area contributed by atoms with Gasteiger partial charge in [0.1, 0.15) is 18.4 Å². The van der Waals surface area contributed by atoms with Crippen LogP contribution in [0.3, 0.4) is 0 Å². The number of hydrogen-bond donors (Lipinski definition) is 3. The lowest BCUT2D eigenvalue weighted by molar-refractivity contribution is -0.384. The number of rotatable bonds is 16. The Kier molecular flexibility index (Phi) is 13.1. The number of nitrogens with one attached hydrogen (secondary N) is 3. The average Bonchev–Trinajstić information content (AvgIpc) is 3.35. The molecule has 1 aliphatic heterocycles. The van der Waals surface area contributed by atoms with E-state index in [0.29, 0.717) is 36.1 Å². The molecule has 2 aromatic carbocycles. The van der Waals surface area contributed by atoms with Gasteiger partial charge in [0, 0.05) is 42.9 Å². The molecule has 5 amide bonds. The number of non-ortho nitro benzene ring substituents is 1. The summed E-state index contributed by atoms with van der Waals surface area (Å²) in [7, 11) is 0. The van der Waals surface area contributed by atoms with E-state index in [9.17, 15) is 38.9 Å². The Labute approximate surface area is 270 Å². The molecule has 1 aliphatic rings. The largest absolute Gasteiger partial charge is 0.514 e. The predicted octanol–water partition coefficient (Wildman–Crippen LogP) is 3.30. The molecule has 0 radical (unpaired) electrons. The van der Waals surface area contributed by atoms with E-state index in [0.717, 1.165) is 4.90 Å². The molecule has 15 nitrogen and oxygen atoms in total. The van der Waals surface area contributed by atoms with E-state index < -0.39 is 28.9 Å². The predicted molar refractivity (Wildman–Crippen MR) is 168 cm³/mol. The summed E-state index contributed by atoms with van der Waals surface area (Å²) >= 11 is 0. The van der Waals surface area contributed by atoms with E-state index in [2.05, 4.69) is 16.0 Å². The molecule has 0 spiro atoms. The molecular weight excluding hydrogens is 614 g/mol. The minimum atomic E-state index is -0.996. The summed E-state index contributed by atoms with van der Waals surface area (Å²) in [6.07, 6.45) is 3.32. The van der Waals surface area contributed by atoms with Crippen LogP contribution in [0.5, 0.6) is 5.75 Å². The highest BCUT2D eigenvalue weighted by molar-refractivity contribution is 6.12. The summed E-state index contributed by atoms with van der Waals surface area (Å²) in [5, 5.41) is 18.7. The van der Waals surface area contributed by atoms with Crippen LogP contribution in [0.1, 0.15) is 50.7 Å². The number of aryl methyl sites for hydroxylation is 1. The average molecular weight is 652 g/mol. The van der Waals surface area contributed by atoms with Crippen molar-refractivity contribution in [2.24, 2.45) is 5.92 Å². The molecule has 1 unspecified atom stereocenters. The van der Waals surface area contributed by atoms with Gasteiger partial charge in [-0.2, -0.15) is 0 Å². The zero-order chi connectivity index (χ0) is 34.5. The lowest BCUT2D eigenvalue weighted by Crippen LogP contribution is -2.51. The third-order valence-electron chi connectivity index (χ3n) is 7.05. The second kappa shape index (κ2) is 17.2. The van der Waals surface area contributed by atoms with Crippen molar-refractivity contribution < 1.29 is 43.2 Å². The van der Waals surface area contributed by atoms with Crippen molar-refractivity contribution in [2.45, 2.75) is 59.1 Å². The number of carbonyl (C=O) groups excluding carboxylic acids is 6. The minimum absolute atomic E-state index is 0.0850. The highest BCUT2D eigenvalue weighted by Crippen LogP contribution is 2.20. The van der Waals surface area contributed by atoms with Crippen molar-refractivity contribution in [1.82, 2.24) is 15.5 Å². The molecule has 0 saturated carbocycles. The normalized spacial score (nSPS) is 12.9. The molecule has 3 N–H and O–H groups in total. The molecule has 0 bridgehead atoms. The summed E-state index contributed by atoms with van der Waals surface area (Å²) in [4.78, 5) is 84.3. The van der Waals surface area contributed by atoms with Gasteiger partial charge in [0.2, 0.25) is 17.7 Å². The maximum absolute atomic E-state index is 12.8. The summed E-state index contributed by atoms with van der Waals surface area (Å²) in [5.74, 6) is -2.16. The number of nitro groups is 1. The van der Waals surface area contributed by atoms with Gasteiger partial charge >= 0.3 is 6.16 Å². The first-order valence-corrected chi connectivity index (χ1v) is 14.9. The number of benzene rings is 2.